The molecule has 0 heterocycles. The van der Waals surface area contributed by atoms with Crippen LogP contribution in [0.2, 0.25) is 0 Å². The van der Waals surface area contributed by atoms with Gasteiger partial charge in [0.15, 0.2) is 0 Å². The van der Waals surface area contributed by atoms with E-state index in [0.717, 1.165) is 27.7 Å². The molecule has 0 saturated heterocycles. The Bertz CT molecular complexity index is 165. The van der Waals surface area contributed by atoms with Crippen molar-refractivity contribution in [3.8, 4) is 0 Å². The number of carboxylic acids is 4. The first-order valence-corrected chi connectivity index (χ1v) is 3.71. The second-order valence-corrected chi connectivity index (χ2v) is 2.08. The third-order valence-electron chi connectivity index (χ3n) is 0. The van der Waals surface area contributed by atoms with Crippen LogP contribution in [-0.4, -0.2) is 44.3 Å². The van der Waals surface area contributed by atoms with E-state index in [1.807, 2.05) is 0 Å². The fraction of sp³-hybridized carbons (Fsp3) is 0.500. The van der Waals surface area contributed by atoms with Gasteiger partial charge in [-0.15, -0.1) is 0 Å². The van der Waals surface area contributed by atoms with Gasteiger partial charge < -0.3 is 20.4 Å². The Morgan fingerprint density at radius 3 is 0.500 bits per heavy atom. The second-order valence-electron chi connectivity index (χ2n) is 2.08. The number of aliphatic carboxylic acids is 4. The number of carboxylic acid groups (broad SMARTS) is 4. The van der Waals surface area contributed by atoms with Crippen molar-refractivity contribution in [1.82, 2.24) is 0 Å². The first kappa shape index (κ1) is 36.0. The first-order chi connectivity index (χ1) is 6.93. The van der Waals surface area contributed by atoms with Gasteiger partial charge in [0.05, 0.1) is 0 Å². The van der Waals surface area contributed by atoms with E-state index in [-0.39, 0.29) is 42.1 Å². The fourth-order valence-electron chi connectivity index (χ4n) is 0. The van der Waals surface area contributed by atoms with Gasteiger partial charge in [0.2, 0.25) is 0 Å². The zero-order chi connectivity index (χ0) is 14.3. The Morgan fingerprint density at radius 1 is 0.500 bits per heavy atom. The number of carbonyl (C=O) groups is 4. The van der Waals surface area contributed by atoms with Crippen molar-refractivity contribution < 1.29 is 81.7 Å². The third-order valence-corrected chi connectivity index (χ3v) is 0. The fourth-order valence-corrected chi connectivity index (χ4v) is 0. The zero-order valence-electron chi connectivity index (χ0n) is 10.2. The molecule has 4 N–H and O–H groups in total. The van der Waals surface area contributed by atoms with Crippen LogP contribution in [0.25, 0.3) is 0 Å². The largest absolute Gasteiger partial charge is 0.481 e. The Morgan fingerprint density at radius 2 is 0.500 bits per heavy atom. The molecule has 0 atom stereocenters. The van der Waals surface area contributed by atoms with Crippen LogP contribution < -0.4 is 0 Å². The van der Waals surface area contributed by atoms with Crippen LogP contribution in [-0.2, 0) is 61.3 Å². The molecule has 0 spiro atoms. The molecule has 18 heavy (non-hydrogen) atoms. The van der Waals surface area contributed by atoms with E-state index in [0.29, 0.717) is 0 Å². The molecule has 0 aliphatic carbocycles. The molecule has 0 rings (SSSR count). The van der Waals surface area contributed by atoms with E-state index in [1.54, 1.807) is 0 Å². The Balaban J connectivity index is -0.0000000257. The van der Waals surface area contributed by atoms with Gasteiger partial charge in [-0.3, -0.25) is 19.2 Å². The maximum atomic E-state index is 9.00. The molecule has 0 aliphatic heterocycles. The van der Waals surface area contributed by atoms with Crippen LogP contribution in [0.15, 0.2) is 0 Å². The quantitative estimate of drug-likeness (QED) is 0.401. The first-order valence-electron chi connectivity index (χ1n) is 3.71. The van der Waals surface area contributed by atoms with Crippen LogP contribution >= 0.6 is 0 Å². The molecule has 0 saturated carbocycles. The molecular weight excluding hydrogens is 416 g/mol. The molecule has 0 unspecified atom stereocenters. The standard InChI is InChI=1S/4C2H4O2.2Mo/c4*1-2(3)4;;/h4*1H3,(H,3,4);;. The van der Waals surface area contributed by atoms with Crippen LogP contribution in [0.1, 0.15) is 27.7 Å². The van der Waals surface area contributed by atoms with E-state index in [1.165, 1.54) is 0 Å². The summed E-state index contributed by atoms with van der Waals surface area (Å²) in [6.07, 6.45) is 0. The smallest absolute Gasteiger partial charge is 0.300 e. The minimum atomic E-state index is -0.833. The van der Waals surface area contributed by atoms with Gasteiger partial charge in [0.25, 0.3) is 23.9 Å². The summed E-state index contributed by atoms with van der Waals surface area (Å²) in [5, 5.41) is 29.7. The number of hydrogen-bond donors (Lipinski definition) is 4. The summed E-state index contributed by atoms with van der Waals surface area (Å²) in [6, 6.07) is 0. The van der Waals surface area contributed by atoms with Crippen molar-refractivity contribution in [3.05, 3.63) is 0 Å². The Labute approximate surface area is 133 Å². The van der Waals surface area contributed by atoms with Crippen molar-refractivity contribution in [2.24, 2.45) is 0 Å². The summed E-state index contributed by atoms with van der Waals surface area (Å²) in [5.41, 5.74) is 0. The molecule has 0 fully saturated rings. The molecule has 8 nitrogen and oxygen atoms in total. The minimum Gasteiger partial charge on any atom is -0.481 e. The Hall–Kier alpha value is -0.743. The topological polar surface area (TPSA) is 149 Å². The summed E-state index contributed by atoms with van der Waals surface area (Å²) in [5.74, 6) is -3.33. The summed E-state index contributed by atoms with van der Waals surface area (Å²) in [4.78, 5) is 36.0. The molecule has 0 aromatic carbocycles. The molecule has 0 radical (unpaired) electrons. The summed E-state index contributed by atoms with van der Waals surface area (Å²) >= 11 is 0. The predicted molar refractivity (Wildman–Crippen MR) is 53.2 cm³/mol. The van der Waals surface area contributed by atoms with Gasteiger partial charge in [-0.25, -0.2) is 0 Å². The maximum Gasteiger partial charge on any atom is 0.300 e. The van der Waals surface area contributed by atoms with Crippen molar-refractivity contribution in [1.29, 1.82) is 0 Å². The normalized spacial score (nSPS) is 5.56. The molecular formula is C8H16Mo2O8. The van der Waals surface area contributed by atoms with E-state index in [2.05, 4.69) is 0 Å². The summed E-state index contributed by atoms with van der Waals surface area (Å²) in [6.45, 7) is 4.33. The summed E-state index contributed by atoms with van der Waals surface area (Å²) in [7, 11) is 0. The molecule has 10 heteroatoms. The van der Waals surface area contributed by atoms with Gasteiger partial charge in [0.1, 0.15) is 0 Å². The molecule has 108 valence electrons. The maximum absolute atomic E-state index is 9.00. The minimum absolute atomic E-state index is 0. The molecule has 0 bridgehead atoms. The SMILES string of the molecule is CC(=O)O.CC(=O)O.CC(=O)O.CC(=O)O.[Mo].[Mo]. The second kappa shape index (κ2) is 29.9. The Kier molecular flexibility index (Phi) is 59.7. The summed E-state index contributed by atoms with van der Waals surface area (Å²) < 4.78 is 0. The van der Waals surface area contributed by atoms with E-state index in [9.17, 15) is 0 Å². The van der Waals surface area contributed by atoms with Crippen molar-refractivity contribution >= 4 is 23.9 Å². The van der Waals surface area contributed by atoms with E-state index in [4.69, 9.17) is 39.6 Å². The van der Waals surface area contributed by atoms with Gasteiger partial charge in [-0.1, -0.05) is 0 Å². The average Bonchev–Trinajstić information content (AvgIpc) is 1.76. The van der Waals surface area contributed by atoms with Gasteiger partial charge in [0, 0.05) is 69.8 Å². The van der Waals surface area contributed by atoms with Crippen LogP contribution in [0.4, 0.5) is 0 Å². The van der Waals surface area contributed by atoms with Gasteiger partial charge in [-0.05, 0) is 0 Å². The van der Waals surface area contributed by atoms with Gasteiger partial charge in [-0.2, -0.15) is 0 Å². The third kappa shape index (κ3) is 5610. The number of rotatable bonds is 0. The molecule has 0 aliphatic rings. The monoisotopic (exact) mass is 436 g/mol. The number of hydrogen-bond acceptors (Lipinski definition) is 4. The van der Waals surface area contributed by atoms with Crippen molar-refractivity contribution in [2.75, 3.05) is 0 Å². The molecule has 0 aromatic heterocycles. The van der Waals surface area contributed by atoms with E-state index < -0.39 is 23.9 Å². The zero-order valence-corrected chi connectivity index (χ0v) is 14.3. The van der Waals surface area contributed by atoms with Crippen LogP contribution in [0.5, 0.6) is 0 Å². The molecule has 0 aromatic rings. The predicted octanol–water partition coefficient (Wildman–Crippen LogP) is 0.359. The average molecular weight is 432 g/mol. The van der Waals surface area contributed by atoms with Crippen LogP contribution in [0.3, 0.4) is 0 Å². The van der Waals surface area contributed by atoms with Gasteiger partial charge >= 0.3 is 0 Å². The van der Waals surface area contributed by atoms with Crippen molar-refractivity contribution in [3.63, 3.8) is 0 Å². The molecule has 0 amide bonds. The van der Waals surface area contributed by atoms with Crippen molar-refractivity contribution in [2.45, 2.75) is 27.7 Å². The van der Waals surface area contributed by atoms with Crippen LogP contribution in [0, 0.1) is 0 Å². The van der Waals surface area contributed by atoms with E-state index >= 15 is 0 Å².